The third-order valence-corrected chi connectivity index (χ3v) is 2.75. The molecule has 0 aliphatic rings. The molecule has 0 aliphatic heterocycles. The number of benzene rings is 1. The number of amidine groups is 1. The van der Waals surface area contributed by atoms with Gasteiger partial charge in [0, 0.05) is 32.4 Å². The summed E-state index contributed by atoms with van der Waals surface area (Å²) in [4.78, 5) is 0. The zero-order chi connectivity index (χ0) is 14.8. The van der Waals surface area contributed by atoms with Crippen molar-refractivity contribution in [2.45, 2.75) is 6.92 Å². The Morgan fingerprint density at radius 1 is 1.40 bits per heavy atom. The van der Waals surface area contributed by atoms with Crippen LogP contribution in [-0.2, 0) is 4.74 Å². The maximum Gasteiger partial charge on any atom is 0.170 e. The molecule has 0 radical (unpaired) electrons. The van der Waals surface area contributed by atoms with E-state index in [2.05, 4.69) is 17.4 Å². The number of hydrogen-bond acceptors (Lipinski definition) is 5. The Kier molecular flexibility index (Phi) is 7.46. The minimum Gasteiger partial charge on any atom is -0.492 e. The van der Waals surface area contributed by atoms with Crippen molar-refractivity contribution in [2.75, 3.05) is 33.4 Å². The molecule has 1 atom stereocenters. The summed E-state index contributed by atoms with van der Waals surface area (Å²) in [6.07, 6.45) is 0. The van der Waals surface area contributed by atoms with Crippen LogP contribution in [0.1, 0.15) is 12.5 Å². The predicted molar refractivity (Wildman–Crippen MR) is 78.4 cm³/mol. The fraction of sp³-hybridized carbons (Fsp3) is 0.500. The first-order chi connectivity index (χ1) is 9.67. The van der Waals surface area contributed by atoms with Gasteiger partial charge in [-0.05, 0) is 30.2 Å². The van der Waals surface area contributed by atoms with Crippen LogP contribution in [0.4, 0.5) is 0 Å². The highest BCUT2D eigenvalue weighted by atomic mass is 16.5. The number of methoxy groups -OCH3 is 1. The first-order valence-electron chi connectivity index (χ1n) is 6.57. The van der Waals surface area contributed by atoms with Crippen LogP contribution in [0.2, 0.25) is 0 Å². The summed E-state index contributed by atoms with van der Waals surface area (Å²) in [6.45, 7) is 5.14. The van der Waals surface area contributed by atoms with Gasteiger partial charge in [-0.15, -0.1) is 0 Å². The lowest BCUT2D eigenvalue weighted by Crippen LogP contribution is -2.27. The maximum atomic E-state index is 8.56. The molecular weight excluding hydrogens is 258 g/mol. The van der Waals surface area contributed by atoms with Crippen molar-refractivity contribution in [3.8, 4) is 5.75 Å². The van der Waals surface area contributed by atoms with Crippen molar-refractivity contribution >= 4 is 5.84 Å². The summed E-state index contributed by atoms with van der Waals surface area (Å²) in [7, 11) is 1.71. The molecule has 0 saturated carbocycles. The second-order valence-electron chi connectivity index (χ2n) is 4.62. The molecule has 6 nitrogen and oxygen atoms in total. The Labute approximate surface area is 119 Å². The van der Waals surface area contributed by atoms with Gasteiger partial charge in [-0.3, -0.25) is 0 Å². The average molecular weight is 281 g/mol. The topological polar surface area (TPSA) is 89.1 Å². The van der Waals surface area contributed by atoms with Crippen LogP contribution in [0, 0.1) is 5.92 Å². The molecule has 0 amide bonds. The Hall–Kier alpha value is -1.79. The second-order valence-corrected chi connectivity index (χ2v) is 4.62. The van der Waals surface area contributed by atoms with Crippen molar-refractivity contribution in [3.63, 3.8) is 0 Å². The molecule has 0 aromatic heterocycles. The first kappa shape index (κ1) is 16.3. The van der Waals surface area contributed by atoms with E-state index >= 15 is 0 Å². The molecule has 20 heavy (non-hydrogen) atoms. The standard InChI is InChI=1S/C14H23N3O3/c1-11(10-19-2)9-16-7-8-20-13-5-3-12(4-6-13)14(15)17-18/h3-6,11,16,18H,7-10H2,1-2H3,(H2,15,17). The van der Waals surface area contributed by atoms with Crippen LogP contribution in [0.3, 0.4) is 0 Å². The summed E-state index contributed by atoms with van der Waals surface area (Å²) in [5.74, 6) is 1.33. The summed E-state index contributed by atoms with van der Waals surface area (Å²) >= 11 is 0. The van der Waals surface area contributed by atoms with E-state index in [0.717, 1.165) is 25.4 Å². The Bertz CT molecular complexity index is 407. The molecule has 0 saturated heterocycles. The molecule has 0 heterocycles. The number of hydrogen-bond donors (Lipinski definition) is 3. The van der Waals surface area contributed by atoms with Gasteiger partial charge in [0.2, 0.25) is 0 Å². The molecule has 1 unspecified atom stereocenters. The van der Waals surface area contributed by atoms with Gasteiger partial charge in [0.15, 0.2) is 5.84 Å². The molecule has 1 aromatic carbocycles. The molecule has 0 bridgehead atoms. The van der Waals surface area contributed by atoms with E-state index in [1.54, 1.807) is 31.4 Å². The lowest BCUT2D eigenvalue weighted by atomic mass is 10.2. The number of rotatable bonds is 9. The molecular formula is C14H23N3O3. The van der Waals surface area contributed by atoms with Crippen molar-refractivity contribution in [1.82, 2.24) is 5.32 Å². The van der Waals surface area contributed by atoms with Crippen molar-refractivity contribution in [1.29, 1.82) is 0 Å². The van der Waals surface area contributed by atoms with E-state index in [-0.39, 0.29) is 5.84 Å². The van der Waals surface area contributed by atoms with Gasteiger partial charge < -0.3 is 25.7 Å². The van der Waals surface area contributed by atoms with Gasteiger partial charge >= 0.3 is 0 Å². The summed E-state index contributed by atoms with van der Waals surface area (Å²) in [5, 5.41) is 14.8. The fourth-order valence-corrected chi connectivity index (χ4v) is 1.71. The summed E-state index contributed by atoms with van der Waals surface area (Å²) in [5.41, 5.74) is 6.13. The monoisotopic (exact) mass is 281 g/mol. The molecule has 112 valence electrons. The van der Waals surface area contributed by atoms with Crippen molar-refractivity contribution in [3.05, 3.63) is 29.8 Å². The third-order valence-electron chi connectivity index (χ3n) is 2.75. The Morgan fingerprint density at radius 3 is 2.70 bits per heavy atom. The van der Waals surface area contributed by atoms with E-state index in [9.17, 15) is 0 Å². The average Bonchev–Trinajstić information content (AvgIpc) is 2.47. The molecule has 0 aliphatic carbocycles. The van der Waals surface area contributed by atoms with Crippen LogP contribution < -0.4 is 15.8 Å². The molecule has 0 spiro atoms. The maximum absolute atomic E-state index is 8.56. The van der Waals surface area contributed by atoms with Gasteiger partial charge in [0.1, 0.15) is 12.4 Å². The van der Waals surface area contributed by atoms with Crippen LogP contribution in [-0.4, -0.2) is 44.5 Å². The van der Waals surface area contributed by atoms with E-state index in [0.29, 0.717) is 18.1 Å². The minimum absolute atomic E-state index is 0.0883. The zero-order valence-corrected chi connectivity index (χ0v) is 12.0. The molecule has 0 fully saturated rings. The highest BCUT2D eigenvalue weighted by molar-refractivity contribution is 5.97. The van der Waals surface area contributed by atoms with E-state index in [4.69, 9.17) is 20.4 Å². The largest absolute Gasteiger partial charge is 0.492 e. The molecule has 4 N–H and O–H groups in total. The third kappa shape index (κ3) is 5.90. The zero-order valence-electron chi connectivity index (χ0n) is 12.0. The Morgan fingerprint density at radius 2 is 2.10 bits per heavy atom. The first-order valence-corrected chi connectivity index (χ1v) is 6.57. The van der Waals surface area contributed by atoms with Crippen molar-refractivity contribution < 1.29 is 14.7 Å². The van der Waals surface area contributed by atoms with E-state index in [1.807, 2.05) is 0 Å². The van der Waals surface area contributed by atoms with Gasteiger partial charge in [-0.25, -0.2) is 0 Å². The lowest BCUT2D eigenvalue weighted by Gasteiger charge is -2.12. The summed E-state index contributed by atoms with van der Waals surface area (Å²) < 4.78 is 10.6. The van der Waals surface area contributed by atoms with Gasteiger partial charge in [-0.2, -0.15) is 0 Å². The number of ether oxygens (including phenoxy) is 2. The van der Waals surface area contributed by atoms with Crippen LogP contribution in [0.15, 0.2) is 29.4 Å². The van der Waals surface area contributed by atoms with E-state index < -0.39 is 0 Å². The highest BCUT2D eigenvalue weighted by Gasteiger charge is 2.01. The SMILES string of the molecule is COCC(C)CNCCOc1ccc(C(N)=NO)cc1. The van der Waals surface area contributed by atoms with Crippen LogP contribution in [0.5, 0.6) is 5.75 Å². The Balaban J connectivity index is 2.22. The highest BCUT2D eigenvalue weighted by Crippen LogP contribution is 2.11. The van der Waals surface area contributed by atoms with Gasteiger partial charge in [0.25, 0.3) is 0 Å². The van der Waals surface area contributed by atoms with Gasteiger partial charge in [0.05, 0.1) is 0 Å². The summed E-state index contributed by atoms with van der Waals surface area (Å²) in [6, 6.07) is 7.08. The fourth-order valence-electron chi connectivity index (χ4n) is 1.71. The second kappa shape index (κ2) is 9.17. The quantitative estimate of drug-likeness (QED) is 0.207. The lowest BCUT2D eigenvalue weighted by molar-refractivity contribution is 0.157. The minimum atomic E-state index is 0.0883. The number of nitrogens with one attached hydrogen (secondary N) is 1. The molecule has 1 aromatic rings. The predicted octanol–water partition coefficient (Wildman–Crippen LogP) is 1.03. The number of nitrogens with two attached hydrogens (primary N) is 1. The smallest absolute Gasteiger partial charge is 0.170 e. The number of nitrogens with zero attached hydrogens (tertiary/aromatic N) is 1. The van der Waals surface area contributed by atoms with Gasteiger partial charge in [-0.1, -0.05) is 12.1 Å². The molecule has 6 heteroatoms. The number of oxime groups is 1. The van der Waals surface area contributed by atoms with Crippen molar-refractivity contribution in [2.24, 2.45) is 16.8 Å². The van der Waals surface area contributed by atoms with Crippen LogP contribution in [0.25, 0.3) is 0 Å². The normalized spacial score (nSPS) is 13.2. The molecule has 1 rings (SSSR count). The van der Waals surface area contributed by atoms with E-state index in [1.165, 1.54) is 0 Å². The van der Waals surface area contributed by atoms with Crippen LogP contribution >= 0.6 is 0 Å².